The number of thioether (sulfide) groups is 1. The summed E-state index contributed by atoms with van der Waals surface area (Å²) in [5.74, 6) is 0.565. The summed E-state index contributed by atoms with van der Waals surface area (Å²) >= 11 is 3.15. The predicted octanol–water partition coefficient (Wildman–Crippen LogP) is 3.33. The Hall–Kier alpha value is -1.92. The number of thiazole rings is 1. The van der Waals surface area contributed by atoms with E-state index in [4.69, 9.17) is 0 Å². The number of rotatable bonds is 3. The summed E-state index contributed by atoms with van der Waals surface area (Å²) in [5, 5.41) is 0. The van der Waals surface area contributed by atoms with E-state index >= 15 is 0 Å². The van der Waals surface area contributed by atoms with Crippen LogP contribution in [0.5, 0.6) is 0 Å². The molecule has 2 aromatic heterocycles. The first-order valence-electron chi connectivity index (χ1n) is 6.98. The Balaban J connectivity index is 1.41. The van der Waals surface area contributed by atoms with Gasteiger partial charge in [-0.15, -0.1) is 11.3 Å². The predicted molar refractivity (Wildman–Crippen MR) is 88.8 cm³/mol. The number of amides is 1. The van der Waals surface area contributed by atoms with Crippen LogP contribution in [0.25, 0.3) is 10.2 Å². The molecular formula is C16H13N3OS2. The minimum Gasteiger partial charge on any atom is -0.332 e. The molecule has 4 nitrogen and oxygen atoms in total. The number of pyridine rings is 1. The monoisotopic (exact) mass is 327 g/mol. The summed E-state index contributed by atoms with van der Waals surface area (Å²) in [5.41, 5.74) is 3.17. The largest absolute Gasteiger partial charge is 0.332 e. The second-order valence-corrected chi connectivity index (χ2v) is 7.35. The summed E-state index contributed by atoms with van der Waals surface area (Å²) in [4.78, 5) is 23.1. The number of fused-ring (bicyclic) bond motifs is 2. The molecule has 0 unspecified atom stereocenters. The van der Waals surface area contributed by atoms with E-state index in [1.54, 1.807) is 17.5 Å². The fourth-order valence-electron chi connectivity index (χ4n) is 2.50. The number of para-hydroxylation sites is 1. The van der Waals surface area contributed by atoms with Gasteiger partial charge < -0.3 is 4.90 Å². The Morgan fingerprint density at radius 1 is 1.23 bits per heavy atom. The van der Waals surface area contributed by atoms with Crippen molar-refractivity contribution in [2.45, 2.75) is 17.4 Å². The van der Waals surface area contributed by atoms with E-state index < -0.39 is 0 Å². The fourth-order valence-corrected chi connectivity index (χ4v) is 4.48. The lowest BCUT2D eigenvalue weighted by Gasteiger charge is -2.14. The third-order valence-electron chi connectivity index (χ3n) is 3.63. The molecule has 1 amide bonds. The zero-order valence-electron chi connectivity index (χ0n) is 11.7. The average Bonchev–Trinajstić information content (AvgIpc) is 3.15. The van der Waals surface area contributed by atoms with Crippen molar-refractivity contribution in [1.82, 2.24) is 14.9 Å². The lowest BCUT2D eigenvalue weighted by atomic mass is 10.2. The molecule has 0 fully saturated rings. The van der Waals surface area contributed by atoms with Crippen molar-refractivity contribution in [1.29, 1.82) is 0 Å². The second kappa shape index (κ2) is 5.70. The third kappa shape index (κ3) is 2.60. The minimum atomic E-state index is 0.141. The van der Waals surface area contributed by atoms with Crippen LogP contribution in [0.15, 0.2) is 46.9 Å². The van der Waals surface area contributed by atoms with Crippen molar-refractivity contribution < 1.29 is 4.79 Å². The molecule has 0 bridgehead atoms. The summed E-state index contributed by atoms with van der Waals surface area (Å²) in [6, 6.07) is 12.0. The molecule has 0 N–H and O–H groups in total. The number of carbonyl (C=O) groups is 1. The third-order valence-corrected chi connectivity index (χ3v) is 5.80. The highest BCUT2D eigenvalue weighted by molar-refractivity contribution is 8.01. The van der Waals surface area contributed by atoms with Gasteiger partial charge in [0.2, 0.25) is 5.91 Å². The van der Waals surface area contributed by atoms with Crippen LogP contribution in [-0.2, 0) is 17.9 Å². The quantitative estimate of drug-likeness (QED) is 0.692. The summed E-state index contributed by atoms with van der Waals surface area (Å²) in [7, 11) is 0. The van der Waals surface area contributed by atoms with Crippen molar-refractivity contribution in [2.24, 2.45) is 0 Å². The lowest BCUT2D eigenvalue weighted by Crippen LogP contribution is -2.27. The highest BCUT2D eigenvalue weighted by Crippen LogP contribution is 2.30. The normalized spacial score (nSPS) is 13.5. The zero-order valence-corrected chi connectivity index (χ0v) is 13.4. The van der Waals surface area contributed by atoms with Crippen molar-refractivity contribution in [3.8, 4) is 0 Å². The number of hydrogen-bond donors (Lipinski definition) is 0. The SMILES string of the molecule is O=C(CSc1nc2ccccc2s1)N1Cc2cccnc2C1. The molecule has 1 aliphatic heterocycles. The molecule has 3 aromatic rings. The van der Waals surface area contributed by atoms with E-state index in [9.17, 15) is 4.79 Å². The molecule has 0 saturated carbocycles. The Kier molecular flexibility index (Phi) is 3.56. The van der Waals surface area contributed by atoms with Crippen LogP contribution < -0.4 is 0 Å². The van der Waals surface area contributed by atoms with Gasteiger partial charge >= 0.3 is 0 Å². The molecule has 0 spiro atoms. The number of hydrogen-bond acceptors (Lipinski definition) is 5. The number of carbonyl (C=O) groups excluding carboxylic acids is 1. The number of nitrogens with zero attached hydrogens (tertiary/aromatic N) is 3. The molecule has 0 saturated heterocycles. The van der Waals surface area contributed by atoms with Crippen LogP contribution in [0, 0.1) is 0 Å². The molecule has 1 aromatic carbocycles. The smallest absolute Gasteiger partial charge is 0.233 e. The van der Waals surface area contributed by atoms with Crippen molar-refractivity contribution in [3.05, 3.63) is 53.9 Å². The van der Waals surface area contributed by atoms with E-state index in [0.29, 0.717) is 18.8 Å². The first-order valence-corrected chi connectivity index (χ1v) is 8.79. The van der Waals surface area contributed by atoms with Crippen LogP contribution in [0.4, 0.5) is 0 Å². The van der Waals surface area contributed by atoms with Crippen LogP contribution in [0.1, 0.15) is 11.3 Å². The van der Waals surface area contributed by atoms with E-state index in [-0.39, 0.29) is 5.91 Å². The van der Waals surface area contributed by atoms with Gasteiger partial charge in [0.15, 0.2) is 4.34 Å². The maximum absolute atomic E-state index is 12.4. The molecule has 3 heterocycles. The summed E-state index contributed by atoms with van der Waals surface area (Å²) < 4.78 is 2.11. The van der Waals surface area contributed by atoms with Crippen LogP contribution in [0.3, 0.4) is 0 Å². The van der Waals surface area contributed by atoms with Crippen molar-refractivity contribution in [3.63, 3.8) is 0 Å². The van der Waals surface area contributed by atoms with Crippen molar-refractivity contribution >= 4 is 39.2 Å². The van der Waals surface area contributed by atoms with Gasteiger partial charge in [0.25, 0.3) is 0 Å². The van der Waals surface area contributed by atoms with Gasteiger partial charge in [0.1, 0.15) is 0 Å². The van der Waals surface area contributed by atoms with E-state index in [0.717, 1.165) is 25.8 Å². The highest BCUT2D eigenvalue weighted by atomic mass is 32.2. The zero-order chi connectivity index (χ0) is 14.9. The van der Waals surface area contributed by atoms with Crippen LogP contribution in [0.2, 0.25) is 0 Å². The first kappa shape index (κ1) is 13.7. The molecule has 110 valence electrons. The van der Waals surface area contributed by atoms with Gasteiger partial charge in [-0.1, -0.05) is 30.0 Å². The summed E-state index contributed by atoms with van der Waals surface area (Å²) in [6.45, 7) is 1.29. The molecule has 0 aliphatic carbocycles. The maximum Gasteiger partial charge on any atom is 0.233 e. The van der Waals surface area contributed by atoms with E-state index in [1.165, 1.54) is 11.8 Å². The van der Waals surface area contributed by atoms with E-state index in [2.05, 4.69) is 16.0 Å². The van der Waals surface area contributed by atoms with Crippen molar-refractivity contribution in [2.75, 3.05) is 5.75 Å². The van der Waals surface area contributed by atoms with Gasteiger partial charge in [0.05, 0.1) is 28.2 Å². The first-order chi connectivity index (χ1) is 10.8. The lowest BCUT2D eigenvalue weighted by molar-refractivity contribution is -0.128. The van der Waals surface area contributed by atoms with Gasteiger partial charge in [-0.2, -0.15) is 0 Å². The van der Waals surface area contributed by atoms with Gasteiger partial charge in [-0.05, 0) is 23.8 Å². The van der Waals surface area contributed by atoms with Gasteiger partial charge in [-0.3, -0.25) is 9.78 Å². The standard InChI is InChI=1S/C16H13N3OS2/c20-15(19-8-11-4-3-7-17-13(11)9-19)10-21-16-18-12-5-1-2-6-14(12)22-16/h1-7H,8-10H2. The van der Waals surface area contributed by atoms with Crippen LogP contribution >= 0.6 is 23.1 Å². The van der Waals surface area contributed by atoms with Gasteiger partial charge in [-0.25, -0.2) is 4.98 Å². The Bertz CT molecular complexity index is 788. The maximum atomic E-state index is 12.4. The molecular weight excluding hydrogens is 314 g/mol. The molecule has 6 heteroatoms. The Morgan fingerprint density at radius 3 is 3.00 bits per heavy atom. The summed E-state index contributed by atoms with van der Waals surface area (Å²) in [6.07, 6.45) is 1.78. The Morgan fingerprint density at radius 2 is 2.14 bits per heavy atom. The highest BCUT2D eigenvalue weighted by Gasteiger charge is 2.24. The second-order valence-electron chi connectivity index (χ2n) is 5.10. The van der Waals surface area contributed by atoms with E-state index in [1.807, 2.05) is 35.2 Å². The molecule has 4 rings (SSSR count). The number of benzene rings is 1. The molecule has 0 radical (unpaired) electrons. The minimum absolute atomic E-state index is 0.141. The molecule has 0 atom stereocenters. The topological polar surface area (TPSA) is 46.1 Å². The average molecular weight is 327 g/mol. The van der Waals surface area contributed by atoms with Gasteiger partial charge in [0, 0.05) is 12.7 Å². The fraction of sp³-hybridized carbons (Fsp3) is 0.188. The molecule has 22 heavy (non-hydrogen) atoms. The molecule has 1 aliphatic rings. The Labute approximate surface area is 136 Å². The van der Waals surface area contributed by atoms with Crippen LogP contribution in [-0.4, -0.2) is 26.5 Å². The number of aromatic nitrogens is 2.